The number of amides is 1. The Bertz CT molecular complexity index is 830. The largest absolute Gasteiger partial charge is 0.379 e. The Morgan fingerprint density at radius 1 is 1.44 bits per heavy atom. The minimum atomic E-state index is -0.336. The van der Waals surface area contributed by atoms with E-state index in [2.05, 4.69) is 20.1 Å². The second kappa shape index (κ2) is 6.81. The van der Waals surface area contributed by atoms with Gasteiger partial charge in [-0.05, 0) is 51.7 Å². The van der Waals surface area contributed by atoms with Gasteiger partial charge in [-0.2, -0.15) is 0 Å². The SMILES string of the molecule is [C-]#[N+]c1ccc2nc(NC(=O)CCC(C)(C)OC)n(C3CCC3)c2n1. The maximum absolute atomic E-state index is 12.4. The molecule has 1 amide bonds. The van der Waals surface area contributed by atoms with Crippen molar-refractivity contribution in [3.05, 3.63) is 23.5 Å². The highest BCUT2D eigenvalue weighted by molar-refractivity contribution is 5.91. The fraction of sp³-hybridized carbons (Fsp3) is 0.556. The maximum Gasteiger partial charge on any atom is 0.271 e. The molecule has 132 valence electrons. The van der Waals surface area contributed by atoms with Crippen LogP contribution in [0.2, 0.25) is 0 Å². The minimum Gasteiger partial charge on any atom is -0.379 e. The fourth-order valence-corrected chi connectivity index (χ4v) is 2.81. The van der Waals surface area contributed by atoms with Gasteiger partial charge in [0.15, 0.2) is 0 Å². The summed E-state index contributed by atoms with van der Waals surface area (Å²) in [6.07, 6.45) is 4.21. The van der Waals surface area contributed by atoms with Gasteiger partial charge in [0.25, 0.3) is 11.5 Å². The van der Waals surface area contributed by atoms with Crippen LogP contribution in [0, 0.1) is 6.57 Å². The summed E-state index contributed by atoms with van der Waals surface area (Å²) < 4.78 is 7.34. The third kappa shape index (κ3) is 3.64. The van der Waals surface area contributed by atoms with Gasteiger partial charge in [-0.3, -0.25) is 14.7 Å². The van der Waals surface area contributed by atoms with Crippen molar-refractivity contribution in [1.29, 1.82) is 0 Å². The van der Waals surface area contributed by atoms with E-state index in [1.54, 1.807) is 19.2 Å². The van der Waals surface area contributed by atoms with Crippen LogP contribution in [0.1, 0.15) is 52.0 Å². The van der Waals surface area contributed by atoms with Crippen LogP contribution in [-0.4, -0.2) is 33.2 Å². The van der Waals surface area contributed by atoms with Crippen LogP contribution in [0.3, 0.4) is 0 Å². The van der Waals surface area contributed by atoms with E-state index < -0.39 is 0 Å². The Labute approximate surface area is 147 Å². The summed E-state index contributed by atoms with van der Waals surface area (Å²) >= 11 is 0. The van der Waals surface area contributed by atoms with E-state index in [-0.39, 0.29) is 17.6 Å². The topological polar surface area (TPSA) is 73.4 Å². The zero-order chi connectivity index (χ0) is 18.0. The lowest BCUT2D eigenvalue weighted by atomic mass is 9.93. The number of carbonyl (C=O) groups is 1. The zero-order valence-corrected chi connectivity index (χ0v) is 14.9. The van der Waals surface area contributed by atoms with Gasteiger partial charge in [0.05, 0.1) is 5.60 Å². The Hall–Kier alpha value is -2.46. The van der Waals surface area contributed by atoms with E-state index >= 15 is 0 Å². The summed E-state index contributed by atoms with van der Waals surface area (Å²) in [5.41, 5.74) is 1.04. The number of rotatable bonds is 6. The molecule has 25 heavy (non-hydrogen) atoms. The molecule has 0 spiro atoms. The van der Waals surface area contributed by atoms with Crippen LogP contribution in [-0.2, 0) is 9.53 Å². The molecule has 0 unspecified atom stereocenters. The summed E-state index contributed by atoms with van der Waals surface area (Å²) in [4.78, 5) is 24.7. The molecule has 2 heterocycles. The molecular weight excluding hydrogens is 318 g/mol. The average Bonchev–Trinajstić information content (AvgIpc) is 2.89. The quantitative estimate of drug-likeness (QED) is 0.810. The monoisotopic (exact) mass is 341 g/mol. The lowest BCUT2D eigenvalue weighted by Gasteiger charge is -2.27. The predicted octanol–water partition coefficient (Wildman–Crippen LogP) is 3.85. The third-order valence-corrected chi connectivity index (χ3v) is 4.83. The second-order valence-corrected chi connectivity index (χ2v) is 7.03. The Morgan fingerprint density at radius 2 is 2.20 bits per heavy atom. The first kappa shape index (κ1) is 17.4. The summed E-state index contributed by atoms with van der Waals surface area (Å²) in [6, 6.07) is 3.72. The zero-order valence-electron chi connectivity index (χ0n) is 14.9. The van der Waals surface area contributed by atoms with Gasteiger partial charge in [-0.15, -0.1) is 0 Å². The van der Waals surface area contributed by atoms with Crippen LogP contribution in [0.5, 0.6) is 0 Å². The van der Waals surface area contributed by atoms with Crippen molar-refractivity contribution in [2.75, 3.05) is 12.4 Å². The molecule has 1 aliphatic rings. The molecule has 0 radical (unpaired) electrons. The number of hydrogen-bond acceptors (Lipinski definition) is 4. The van der Waals surface area contributed by atoms with E-state index in [1.165, 1.54) is 0 Å². The van der Waals surface area contributed by atoms with Crippen LogP contribution < -0.4 is 5.32 Å². The fourth-order valence-electron chi connectivity index (χ4n) is 2.81. The molecule has 1 saturated carbocycles. The molecule has 1 fully saturated rings. The van der Waals surface area contributed by atoms with Crippen molar-refractivity contribution in [2.24, 2.45) is 0 Å². The van der Waals surface area contributed by atoms with Gasteiger partial charge >= 0.3 is 0 Å². The van der Waals surface area contributed by atoms with Crippen molar-refractivity contribution in [2.45, 2.75) is 57.6 Å². The van der Waals surface area contributed by atoms with E-state index in [0.717, 1.165) is 19.3 Å². The number of anilines is 1. The second-order valence-electron chi connectivity index (χ2n) is 7.03. The minimum absolute atomic E-state index is 0.0913. The molecule has 2 aromatic rings. The van der Waals surface area contributed by atoms with Crippen molar-refractivity contribution in [1.82, 2.24) is 14.5 Å². The molecule has 1 N–H and O–H groups in total. The number of ether oxygens (including phenoxy) is 1. The third-order valence-electron chi connectivity index (χ3n) is 4.83. The molecular formula is C18H23N5O2. The van der Waals surface area contributed by atoms with Crippen molar-refractivity contribution in [3.63, 3.8) is 0 Å². The highest BCUT2D eigenvalue weighted by atomic mass is 16.5. The Morgan fingerprint density at radius 3 is 2.80 bits per heavy atom. The first-order chi connectivity index (χ1) is 11.9. The average molecular weight is 341 g/mol. The number of fused-ring (bicyclic) bond motifs is 1. The predicted molar refractivity (Wildman–Crippen MR) is 95.6 cm³/mol. The molecule has 0 saturated heterocycles. The number of nitrogens with one attached hydrogen (secondary N) is 1. The number of aromatic nitrogens is 3. The van der Waals surface area contributed by atoms with E-state index in [4.69, 9.17) is 11.3 Å². The molecule has 0 aliphatic heterocycles. The van der Waals surface area contributed by atoms with Crippen molar-refractivity contribution in [3.8, 4) is 0 Å². The maximum atomic E-state index is 12.4. The number of hydrogen-bond donors (Lipinski definition) is 1. The molecule has 0 aromatic carbocycles. The Kier molecular flexibility index (Phi) is 4.73. The standard InChI is InChI=1S/C18H23N5O2/c1-18(2,25-4)11-10-15(24)22-17-20-13-8-9-14(19-3)21-16(13)23(17)12-6-5-7-12/h8-9,12H,5-7,10-11H2,1-2,4H3,(H,20,22,24). The first-order valence-corrected chi connectivity index (χ1v) is 8.55. The highest BCUT2D eigenvalue weighted by Crippen LogP contribution is 2.37. The van der Waals surface area contributed by atoms with Gasteiger partial charge in [-0.1, -0.05) is 11.6 Å². The molecule has 1 aliphatic carbocycles. The van der Waals surface area contributed by atoms with Crippen LogP contribution >= 0.6 is 0 Å². The van der Waals surface area contributed by atoms with Crippen LogP contribution in [0.25, 0.3) is 16.0 Å². The van der Waals surface area contributed by atoms with Crippen LogP contribution in [0.4, 0.5) is 11.8 Å². The summed E-state index contributed by atoms with van der Waals surface area (Å²) in [5.74, 6) is 0.772. The van der Waals surface area contributed by atoms with Gasteiger partial charge in [-0.25, -0.2) is 4.98 Å². The van der Waals surface area contributed by atoms with Crippen molar-refractivity contribution >= 4 is 28.8 Å². The highest BCUT2D eigenvalue weighted by Gasteiger charge is 2.28. The lowest BCUT2D eigenvalue weighted by Crippen LogP contribution is -2.26. The van der Waals surface area contributed by atoms with Gasteiger partial charge in [0, 0.05) is 19.6 Å². The smallest absolute Gasteiger partial charge is 0.271 e. The van der Waals surface area contributed by atoms with Gasteiger partial charge in [0.2, 0.25) is 11.9 Å². The van der Waals surface area contributed by atoms with Gasteiger partial charge < -0.3 is 9.58 Å². The molecule has 7 heteroatoms. The van der Waals surface area contributed by atoms with E-state index in [1.807, 2.05) is 18.4 Å². The molecule has 2 aromatic heterocycles. The first-order valence-electron chi connectivity index (χ1n) is 8.55. The summed E-state index contributed by atoms with van der Waals surface area (Å²) in [6.45, 7) is 11.1. The number of nitrogens with zero attached hydrogens (tertiary/aromatic N) is 4. The van der Waals surface area contributed by atoms with Crippen LogP contribution in [0.15, 0.2) is 12.1 Å². The van der Waals surface area contributed by atoms with E-state index in [0.29, 0.717) is 35.8 Å². The lowest BCUT2D eigenvalue weighted by molar-refractivity contribution is -0.117. The molecule has 0 bridgehead atoms. The molecule has 7 nitrogen and oxygen atoms in total. The normalized spacial score (nSPS) is 15.0. The van der Waals surface area contributed by atoms with Crippen molar-refractivity contribution < 1.29 is 9.53 Å². The van der Waals surface area contributed by atoms with E-state index in [9.17, 15) is 4.79 Å². The number of imidazole rings is 1. The molecule has 3 rings (SSSR count). The number of pyridine rings is 1. The number of carbonyl (C=O) groups excluding carboxylic acids is 1. The Balaban J connectivity index is 1.85. The molecule has 0 atom stereocenters. The summed E-state index contributed by atoms with van der Waals surface area (Å²) in [5, 5.41) is 2.92. The number of methoxy groups -OCH3 is 1. The summed E-state index contributed by atoms with van der Waals surface area (Å²) in [7, 11) is 1.65. The van der Waals surface area contributed by atoms with Gasteiger partial charge in [0.1, 0.15) is 5.52 Å².